The van der Waals surface area contributed by atoms with Gasteiger partial charge in [-0.05, 0) is 37.5 Å². The first kappa shape index (κ1) is 13.2. The smallest absolute Gasteiger partial charge is 0.323 e. The molecule has 0 aromatic carbocycles. The maximum Gasteiger partial charge on any atom is 0.323 e. The van der Waals surface area contributed by atoms with Crippen LogP contribution in [0.5, 0.6) is 0 Å². The van der Waals surface area contributed by atoms with Crippen LogP contribution in [0.2, 0.25) is 0 Å². The fraction of sp³-hybridized carbons (Fsp3) is 0.846. The molecule has 3 atom stereocenters. The summed E-state index contributed by atoms with van der Waals surface area (Å²) in [6.07, 6.45) is 5.59. The van der Waals surface area contributed by atoms with E-state index in [0.717, 1.165) is 18.8 Å². The van der Waals surface area contributed by atoms with Gasteiger partial charge in [-0.1, -0.05) is 13.3 Å². The van der Waals surface area contributed by atoms with Crippen LogP contribution < -0.4 is 5.32 Å². The highest BCUT2D eigenvalue weighted by Crippen LogP contribution is 2.44. The van der Waals surface area contributed by atoms with E-state index in [9.17, 15) is 9.59 Å². The Labute approximate surface area is 108 Å². The Bertz CT molecular complexity index is 332. The molecule has 0 aliphatic heterocycles. The minimum Gasteiger partial charge on any atom is -0.480 e. The zero-order valence-electron chi connectivity index (χ0n) is 10.9. The molecule has 2 aliphatic rings. The number of hydrogen-bond donors (Lipinski definition) is 2. The van der Waals surface area contributed by atoms with Crippen molar-refractivity contribution in [3.8, 4) is 0 Å². The van der Waals surface area contributed by atoms with Gasteiger partial charge in [-0.15, -0.1) is 0 Å². The number of urea groups is 1. The molecule has 18 heavy (non-hydrogen) atoms. The summed E-state index contributed by atoms with van der Waals surface area (Å²) < 4.78 is 0. The molecular formula is C13H22N2O3. The average molecular weight is 254 g/mol. The second-order valence-electron chi connectivity index (χ2n) is 5.55. The summed E-state index contributed by atoms with van der Waals surface area (Å²) in [5.41, 5.74) is 0. The molecule has 2 amide bonds. The van der Waals surface area contributed by atoms with Crippen LogP contribution in [0, 0.1) is 11.8 Å². The number of carbonyl (C=O) groups excluding carboxylic acids is 1. The molecule has 0 spiro atoms. The third-order valence-corrected chi connectivity index (χ3v) is 4.15. The van der Waals surface area contributed by atoms with E-state index in [0.29, 0.717) is 12.5 Å². The Morgan fingerprint density at radius 3 is 2.61 bits per heavy atom. The largest absolute Gasteiger partial charge is 0.480 e. The van der Waals surface area contributed by atoms with E-state index in [1.54, 1.807) is 0 Å². The third kappa shape index (κ3) is 2.94. The van der Waals surface area contributed by atoms with Gasteiger partial charge in [0, 0.05) is 12.6 Å². The molecule has 2 rings (SSSR count). The third-order valence-electron chi connectivity index (χ3n) is 4.15. The molecular weight excluding hydrogens is 232 g/mol. The summed E-state index contributed by atoms with van der Waals surface area (Å²) in [7, 11) is 0. The lowest BCUT2D eigenvalue weighted by atomic mass is 9.95. The maximum absolute atomic E-state index is 12.1. The minimum atomic E-state index is -0.952. The number of hydrogen-bond acceptors (Lipinski definition) is 2. The number of aliphatic carboxylic acids is 1. The predicted molar refractivity (Wildman–Crippen MR) is 67.3 cm³/mol. The molecule has 5 nitrogen and oxygen atoms in total. The van der Waals surface area contributed by atoms with E-state index < -0.39 is 5.97 Å². The zero-order valence-corrected chi connectivity index (χ0v) is 10.9. The van der Waals surface area contributed by atoms with Crippen molar-refractivity contribution in [2.75, 3.05) is 13.1 Å². The number of nitrogens with one attached hydrogen (secondary N) is 1. The van der Waals surface area contributed by atoms with Crippen LogP contribution in [-0.4, -0.2) is 41.1 Å². The lowest BCUT2D eigenvalue weighted by Gasteiger charge is -2.27. The maximum atomic E-state index is 12.1. The molecule has 102 valence electrons. The Morgan fingerprint density at radius 1 is 1.33 bits per heavy atom. The molecule has 5 heteroatoms. The van der Waals surface area contributed by atoms with Crippen LogP contribution >= 0.6 is 0 Å². The number of fused-ring (bicyclic) bond motifs is 2. The van der Waals surface area contributed by atoms with Crippen molar-refractivity contribution in [1.29, 1.82) is 0 Å². The molecule has 2 aliphatic carbocycles. The summed E-state index contributed by atoms with van der Waals surface area (Å²) in [6.45, 7) is 2.24. The van der Waals surface area contributed by atoms with Crippen molar-refractivity contribution in [1.82, 2.24) is 10.2 Å². The average Bonchev–Trinajstić information content (AvgIpc) is 2.89. The highest BCUT2D eigenvalue weighted by molar-refractivity contribution is 5.80. The molecule has 0 aromatic heterocycles. The second-order valence-corrected chi connectivity index (χ2v) is 5.55. The molecule has 0 heterocycles. The van der Waals surface area contributed by atoms with Gasteiger partial charge in [0.15, 0.2) is 0 Å². The first-order valence-corrected chi connectivity index (χ1v) is 6.87. The first-order chi connectivity index (χ1) is 8.60. The van der Waals surface area contributed by atoms with Gasteiger partial charge in [0.25, 0.3) is 0 Å². The quantitative estimate of drug-likeness (QED) is 0.784. The van der Waals surface area contributed by atoms with Crippen molar-refractivity contribution < 1.29 is 14.7 Å². The van der Waals surface area contributed by atoms with Crippen LogP contribution in [0.3, 0.4) is 0 Å². The van der Waals surface area contributed by atoms with Crippen LogP contribution in [-0.2, 0) is 4.79 Å². The minimum absolute atomic E-state index is 0.208. The zero-order chi connectivity index (χ0) is 13.1. The molecule has 2 bridgehead atoms. The molecule has 0 radical (unpaired) electrons. The number of rotatable bonds is 5. The van der Waals surface area contributed by atoms with Gasteiger partial charge in [-0.3, -0.25) is 4.79 Å². The number of nitrogens with zero attached hydrogens (tertiary/aromatic N) is 1. The van der Waals surface area contributed by atoms with E-state index >= 15 is 0 Å². The fourth-order valence-electron chi connectivity index (χ4n) is 3.36. The number of carbonyl (C=O) groups is 2. The topological polar surface area (TPSA) is 69.6 Å². The van der Waals surface area contributed by atoms with Gasteiger partial charge in [-0.25, -0.2) is 4.79 Å². The summed E-state index contributed by atoms with van der Waals surface area (Å²) in [5.74, 6) is 0.443. The second kappa shape index (κ2) is 5.59. The highest BCUT2D eigenvalue weighted by Gasteiger charge is 2.40. The summed E-state index contributed by atoms with van der Waals surface area (Å²) >= 11 is 0. The highest BCUT2D eigenvalue weighted by atomic mass is 16.4. The SMILES string of the molecule is CCCN(CC(=O)O)C(=O)NC1CC2CCC1C2. The summed E-state index contributed by atoms with van der Waals surface area (Å²) in [4.78, 5) is 24.2. The van der Waals surface area contributed by atoms with Crippen molar-refractivity contribution in [2.24, 2.45) is 11.8 Å². The van der Waals surface area contributed by atoms with Crippen molar-refractivity contribution in [2.45, 2.75) is 45.1 Å². The van der Waals surface area contributed by atoms with E-state index in [-0.39, 0.29) is 18.6 Å². The van der Waals surface area contributed by atoms with E-state index in [1.165, 1.54) is 24.2 Å². The van der Waals surface area contributed by atoms with Gasteiger partial charge in [0.1, 0.15) is 6.54 Å². The molecule has 0 saturated heterocycles. The van der Waals surface area contributed by atoms with Gasteiger partial charge < -0.3 is 15.3 Å². The first-order valence-electron chi connectivity index (χ1n) is 6.87. The Hall–Kier alpha value is -1.26. The lowest BCUT2D eigenvalue weighted by Crippen LogP contribution is -2.48. The molecule has 2 N–H and O–H groups in total. The molecule has 3 unspecified atom stereocenters. The number of carboxylic acids is 1. The predicted octanol–water partition coefficient (Wildman–Crippen LogP) is 1.68. The van der Waals surface area contributed by atoms with Crippen molar-refractivity contribution >= 4 is 12.0 Å². The van der Waals surface area contributed by atoms with Crippen LogP contribution in [0.15, 0.2) is 0 Å². The lowest BCUT2D eigenvalue weighted by molar-refractivity contribution is -0.137. The Balaban J connectivity index is 1.86. The monoisotopic (exact) mass is 254 g/mol. The van der Waals surface area contributed by atoms with E-state index in [4.69, 9.17) is 5.11 Å². The van der Waals surface area contributed by atoms with E-state index in [1.807, 2.05) is 6.92 Å². The number of amides is 2. The van der Waals surface area contributed by atoms with Crippen LogP contribution in [0.25, 0.3) is 0 Å². The van der Waals surface area contributed by atoms with Crippen LogP contribution in [0.4, 0.5) is 4.79 Å². The van der Waals surface area contributed by atoms with E-state index in [2.05, 4.69) is 5.32 Å². The number of carboxylic acid groups (broad SMARTS) is 1. The normalized spacial score (nSPS) is 29.3. The van der Waals surface area contributed by atoms with Crippen LogP contribution in [0.1, 0.15) is 39.0 Å². The molecule has 0 aromatic rings. The molecule has 2 saturated carbocycles. The Morgan fingerprint density at radius 2 is 2.11 bits per heavy atom. The standard InChI is InChI=1S/C13H22N2O3/c1-2-5-15(8-12(16)17)13(18)14-11-7-9-3-4-10(11)6-9/h9-11H,2-8H2,1H3,(H,14,18)(H,16,17). The van der Waals surface area contributed by atoms with Gasteiger partial charge >= 0.3 is 12.0 Å². The van der Waals surface area contributed by atoms with Crippen molar-refractivity contribution in [3.05, 3.63) is 0 Å². The Kier molecular flexibility index (Phi) is 4.09. The summed E-state index contributed by atoms with van der Waals surface area (Å²) in [6, 6.07) is 0.0567. The summed E-state index contributed by atoms with van der Waals surface area (Å²) in [5, 5.41) is 11.8. The van der Waals surface area contributed by atoms with Gasteiger partial charge in [0.2, 0.25) is 0 Å². The van der Waals surface area contributed by atoms with Crippen molar-refractivity contribution in [3.63, 3.8) is 0 Å². The molecule has 2 fully saturated rings. The fourth-order valence-corrected chi connectivity index (χ4v) is 3.36. The van der Waals surface area contributed by atoms with Gasteiger partial charge in [0.05, 0.1) is 0 Å². The van der Waals surface area contributed by atoms with Gasteiger partial charge in [-0.2, -0.15) is 0 Å².